The zero-order valence-electron chi connectivity index (χ0n) is 15.2. The van der Waals surface area contributed by atoms with Crippen LogP contribution >= 0.6 is 0 Å². The Morgan fingerprint density at radius 1 is 1.19 bits per heavy atom. The Hall–Kier alpha value is -3.46. The minimum absolute atomic E-state index is 0.111. The predicted molar refractivity (Wildman–Crippen MR) is 103 cm³/mol. The molecule has 0 spiro atoms. The molecule has 0 aliphatic carbocycles. The normalized spacial score (nSPS) is 16.0. The monoisotopic (exact) mass is 364 g/mol. The fourth-order valence-electron chi connectivity index (χ4n) is 3.06. The molecule has 3 rings (SSSR count). The molecule has 1 fully saturated rings. The van der Waals surface area contributed by atoms with Crippen molar-refractivity contribution in [1.29, 1.82) is 0 Å². The highest BCUT2D eigenvalue weighted by Gasteiger charge is 2.35. The van der Waals surface area contributed by atoms with Crippen molar-refractivity contribution in [3.05, 3.63) is 48.0 Å². The lowest BCUT2D eigenvalue weighted by Crippen LogP contribution is -2.28. The van der Waals surface area contributed by atoms with Crippen LogP contribution in [-0.2, 0) is 9.59 Å². The number of nitrogens with zero attached hydrogens (tertiary/aromatic N) is 1. The molecule has 1 saturated heterocycles. The minimum Gasteiger partial charge on any atom is -0.493 e. The molecule has 0 saturated carbocycles. The number of terminal acetylenes is 1. The second kappa shape index (κ2) is 7.83. The van der Waals surface area contributed by atoms with Crippen LogP contribution in [0.1, 0.15) is 12.0 Å². The Morgan fingerprint density at radius 2 is 1.96 bits per heavy atom. The molecule has 1 atom stereocenters. The third kappa shape index (κ3) is 3.87. The van der Waals surface area contributed by atoms with Gasteiger partial charge in [0.2, 0.25) is 11.8 Å². The summed E-state index contributed by atoms with van der Waals surface area (Å²) in [4.78, 5) is 26.6. The van der Waals surface area contributed by atoms with Crippen molar-refractivity contribution < 1.29 is 19.1 Å². The highest BCUT2D eigenvalue weighted by atomic mass is 16.5. The van der Waals surface area contributed by atoms with E-state index in [2.05, 4.69) is 11.2 Å². The first kappa shape index (κ1) is 18.3. The van der Waals surface area contributed by atoms with Crippen LogP contribution in [-0.4, -0.2) is 32.6 Å². The van der Waals surface area contributed by atoms with Crippen molar-refractivity contribution in [3.8, 4) is 23.8 Å². The first-order chi connectivity index (χ1) is 13.0. The van der Waals surface area contributed by atoms with E-state index in [9.17, 15) is 9.59 Å². The van der Waals surface area contributed by atoms with Gasteiger partial charge in [0.1, 0.15) is 0 Å². The summed E-state index contributed by atoms with van der Waals surface area (Å²) in [5, 5.41) is 2.83. The number of ether oxygens (including phenoxy) is 2. The van der Waals surface area contributed by atoms with Gasteiger partial charge in [0.15, 0.2) is 11.5 Å². The van der Waals surface area contributed by atoms with Gasteiger partial charge in [0, 0.05) is 36.0 Å². The number of rotatable bonds is 5. The number of hydrogen-bond donors (Lipinski definition) is 1. The van der Waals surface area contributed by atoms with Gasteiger partial charge in [-0.15, -0.1) is 6.42 Å². The van der Waals surface area contributed by atoms with Gasteiger partial charge in [-0.2, -0.15) is 0 Å². The Kier molecular flexibility index (Phi) is 5.32. The second-order valence-corrected chi connectivity index (χ2v) is 6.16. The van der Waals surface area contributed by atoms with Crippen LogP contribution in [0.25, 0.3) is 0 Å². The van der Waals surface area contributed by atoms with Crippen molar-refractivity contribution in [2.24, 2.45) is 5.92 Å². The Labute approximate surface area is 158 Å². The summed E-state index contributed by atoms with van der Waals surface area (Å²) in [6.07, 6.45) is 5.53. The van der Waals surface area contributed by atoms with E-state index in [0.29, 0.717) is 35.0 Å². The van der Waals surface area contributed by atoms with Gasteiger partial charge in [0.05, 0.1) is 20.1 Å². The molecule has 1 N–H and O–H groups in total. The van der Waals surface area contributed by atoms with Gasteiger partial charge < -0.3 is 19.7 Å². The SMILES string of the molecule is C#Cc1cccc(NC(=O)[C@@H]2CC(=O)N(c3ccc(OC)c(OC)c3)C2)c1. The number of hydrogen-bond acceptors (Lipinski definition) is 4. The number of anilines is 2. The average Bonchev–Trinajstić information content (AvgIpc) is 3.09. The summed E-state index contributed by atoms with van der Waals surface area (Å²) in [6, 6.07) is 12.3. The van der Waals surface area contributed by atoms with E-state index in [0.717, 1.165) is 0 Å². The number of methoxy groups -OCH3 is 2. The molecule has 0 bridgehead atoms. The van der Waals surface area contributed by atoms with Gasteiger partial charge in [-0.25, -0.2) is 0 Å². The van der Waals surface area contributed by atoms with Gasteiger partial charge in [-0.1, -0.05) is 12.0 Å². The maximum atomic E-state index is 12.6. The molecule has 0 radical (unpaired) electrons. The molecule has 27 heavy (non-hydrogen) atoms. The summed E-state index contributed by atoms with van der Waals surface area (Å²) < 4.78 is 10.5. The van der Waals surface area contributed by atoms with Crippen LogP contribution in [0.2, 0.25) is 0 Å². The zero-order chi connectivity index (χ0) is 19.4. The van der Waals surface area contributed by atoms with E-state index >= 15 is 0 Å². The topological polar surface area (TPSA) is 67.9 Å². The van der Waals surface area contributed by atoms with E-state index in [4.69, 9.17) is 15.9 Å². The molecular formula is C21H20N2O4. The maximum Gasteiger partial charge on any atom is 0.229 e. The highest BCUT2D eigenvalue weighted by molar-refractivity contribution is 6.03. The van der Waals surface area contributed by atoms with E-state index < -0.39 is 5.92 Å². The third-order valence-corrected chi connectivity index (χ3v) is 4.47. The van der Waals surface area contributed by atoms with Gasteiger partial charge in [0.25, 0.3) is 0 Å². The van der Waals surface area contributed by atoms with Crippen LogP contribution in [0.5, 0.6) is 11.5 Å². The molecule has 0 unspecified atom stereocenters. The first-order valence-electron chi connectivity index (χ1n) is 8.45. The van der Waals surface area contributed by atoms with Gasteiger partial charge in [-0.05, 0) is 30.3 Å². The predicted octanol–water partition coefficient (Wildman–Crippen LogP) is 2.68. The van der Waals surface area contributed by atoms with Gasteiger partial charge in [-0.3, -0.25) is 9.59 Å². The Morgan fingerprint density at radius 3 is 2.67 bits per heavy atom. The molecule has 2 aromatic rings. The van der Waals surface area contributed by atoms with Crippen molar-refractivity contribution in [2.45, 2.75) is 6.42 Å². The standard InChI is InChI=1S/C21H20N2O4/c1-4-14-6-5-7-16(10-14)22-21(25)15-11-20(24)23(13-15)17-8-9-18(26-2)19(12-17)27-3/h1,5-10,12,15H,11,13H2,2-3H3,(H,22,25)/t15-/m1/s1. The number of benzene rings is 2. The Bertz CT molecular complexity index is 917. The summed E-state index contributed by atoms with van der Waals surface area (Å²) >= 11 is 0. The van der Waals surface area contributed by atoms with Crippen LogP contribution in [0.4, 0.5) is 11.4 Å². The van der Waals surface area contributed by atoms with E-state index in [1.165, 1.54) is 7.11 Å². The van der Waals surface area contributed by atoms with Crippen LogP contribution in [0.3, 0.4) is 0 Å². The maximum absolute atomic E-state index is 12.6. The lowest BCUT2D eigenvalue weighted by Gasteiger charge is -2.18. The molecule has 2 amide bonds. The summed E-state index contributed by atoms with van der Waals surface area (Å²) in [5.74, 6) is 2.88. The van der Waals surface area contributed by atoms with E-state index in [1.807, 2.05) is 0 Å². The molecular weight excluding hydrogens is 344 g/mol. The smallest absolute Gasteiger partial charge is 0.229 e. The van der Waals surface area contributed by atoms with Crippen molar-refractivity contribution in [3.63, 3.8) is 0 Å². The molecule has 6 heteroatoms. The summed E-state index contributed by atoms with van der Waals surface area (Å²) in [6.45, 7) is 0.301. The lowest BCUT2D eigenvalue weighted by molar-refractivity contribution is -0.122. The summed E-state index contributed by atoms with van der Waals surface area (Å²) in [5.41, 5.74) is 1.97. The fraction of sp³-hybridized carbons (Fsp3) is 0.238. The fourth-order valence-corrected chi connectivity index (χ4v) is 3.06. The number of carbonyl (C=O) groups is 2. The summed E-state index contributed by atoms with van der Waals surface area (Å²) in [7, 11) is 3.09. The second-order valence-electron chi connectivity index (χ2n) is 6.16. The molecule has 2 aromatic carbocycles. The van der Waals surface area contributed by atoms with Crippen molar-refractivity contribution >= 4 is 23.2 Å². The number of carbonyl (C=O) groups excluding carboxylic acids is 2. The third-order valence-electron chi connectivity index (χ3n) is 4.47. The quantitative estimate of drug-likeness (QED) is 0.829. The highest BCUT2D eigenvalue weighted by Crippen LogP contribution is 2.34. The molecule has 1 aliphatic rings. The van der Waals surface area contributed by atoms with Crippen LogP contribution < -0.4 is 19.7 Å². The lowest BCUT2D eigenvalue weighted by atomic mass is 10.1. The van der Waals surface area contributed by atoms with Gasteiger partial charge >= 0.3 is 0 Å². The average molecular weight is 364 g/mol. The molecule has 1 aliphatic heterocycles. The molecule has 1 heterocycles. The molecule has 6 nitrogen and oxygen atoms in total. The van der Waals surface area contributed by atoms with Crippen molar-refractivity contribution in [2.75, 3.05) is 31.0 Å². The first-order valence-corrected chi connectivity index (χ1v) is 8.45. The Balaban J connectivity index is 1.73. The van der Waals surface area contributed by atoms with Crippen LogP contribution in [0.15, 0.2) is 42.5 Å². The number of amides is 2. The number of nitrogens with one attached hydrogen (secondary N) is 1. The zero-order valence-corrected chi connectivity index (χ0v) is 15.2. The minimum atomic E-state index is -0.444. The van der Waals surface area contributed by atoms with E-state index in [-0.39, 0.29) is 18.2 Å². The van der Waals surface area contributed by atoms with Crippen molar-refractivity contribution in [1.82, 2.24) is 0 Å². The van der Waals surface area contributed by atoms with Crippen LogP contribution in [0, 0.1) is 18.3 Å². The molecule has 0 aromatic heterocycles. The van der Waals surface area contributed by atoms with E-state index in [1.54, 1.807) is 54.5 Å². The molecule has 138 valence electrons. The largest absolute Gasteiger partial charge is 0.493 e.